The summed E-state index contributed by atoms with van der Waals surface area (Å²) >= 11 is 0. The highest BCUT2D eigenvalue weighted by atomic mass is 16.6. The number of anilines is 1. The molecule has 3 heterocycles. The molecule has 0 spiro atoms. The summed E-state index contributed by atoms with van der Waals surface area (Å²) in [7, 11) is 0. The maximum absolute atomic E-state index is 11.9. The first kappa shape index (κ1) is 16.4. The fourth-order valence-corrected chi connectivity index (χ4v) is 3.02. The van der Waals surface area contributed by atoms with E-state index in [1.807, 2.05) is 26.8 Å². The van der Waals surface area contributed by atoms with Gasteiger partial charge in [0.1, 0.15) is 17.0 Å². The van der Waals surface area contributed by atoms with Crippen molar-refractivity contribution in [3.05, 3.63) is 18.5 Å². The molecule has 0 radical (unpaired) electrons. The minimum absolute atomic E-state index is 0.105. The van der Waals surface area contributed by atoms with Gasteiger partial charge in [-0.25, -0.2) is 9.78 Å². The molecule has 0 bridgehead atoms. The number of amides is 1. The van der Waals surface area contributed by atoms with E-state index in [4.69, 9.17) is 4.74 Å². The first-order valence-electron chi connectivity index (χ1n) is 8.23. The standard InChI is InChI=1S/C17H24N4O3/c1-17(2,3)24-16(23)20-11-5-8-21(9-6-11)12-4-7-18-15-14(12)13(22)10-19-15/h4,7,10-11,22H,5-6,8-9H2,1-3H3,(H,18,19)(H,20,23). The lowest BCUT2D eigenvalue weighted by Gasteiger charge is -2.34. The van der Waals surface area contributed by atoms with Crippen LogP contribution in [0.4, 0.5) is 10.5 Å². The average Bonchev–Trinajstić information content (AvgIpc) is 2.88. The number of fused-ring (bicyclic) bond motifs is 1. The SMILES string of the molecule is CC(C)(C)OC(=O)NC1CCN(c2ccnc3[nH]cc(O)c23)CC1. The van der Waals surface area contributed by atoms with E-state index < -0.39 is 5.60 Å². The Hall–Kier alpha value is -2.44. The largest absolute Gasteiger partial charge is 0.506 e. The van der Waals surface area contributed by atoms with Crippen molar-refractivity contribution in [2.24, 2.45) is 0 Å². The molecular formula is C17H24N4O3. The number of rotatable bonds is 2. The summed E-state index contributed by atoms with van der Waals surface area (Å²) in [4.78, 5) is 21.3. The molecule has 2 aromatic heterocycles. The minimum Gasteiger partial charge on any atom is -0.506 e. The van der Waals surface area contributed by atoms with Crippen molar-refractivity contribution in [2.45, 2.75) is 45.3 Å². The minimum atomic E-state index is -0.487. The number of nitrogens with zero attached hydrogens (tertiary/aromatic N) is 2. The fourth-order valence-electron chi connectivity index (χ4n) is 3.02. The summed E-state index contributed by atoms with van der Waals surface area (Å²) in [6, 6.07) is 2.02. The number of carbonyl (C=O) groups is 1. The second-order valence-corrected chi connectivity index (χ2v) is 7.14. The summed E-state index contributed by atoms with van der Waals surface area (Å²) in [5.41, 5.74) is 1.16. The quantitative estimate of drug-likeness (QED) is 0.787. The van der Waals surface area contributed by atoms with Gasteiger partial charge in [-0.15, -0.1) is 0 Å². The first-order valence-corrected chi connectivity index (χ1v) is 8.23. The molecule has 0 saturated carbocycles. The number of hydrogen-bond acceptors (Lipinski definition) is 5. The van der Waals surface area contributed by atoms with Crippen LogP contribution < -0.4 is 10.2 Å². The Bertz CT molecular complexity index is 727. The van der Waals surface area contributed by atoms with Crippen LogP contribution in [0.1, 0.15) is 33.6 Å². The molecule has 1 saturated heterocycles. The Morgan fingerprint density at radius 3 is 2.79 bits per heavy atom. The Kier molecular flexibility index (Phi) is 4.26. The van der Waals surface area contributed by atoms with E-state index in [2.05, 4.69) is 20.2 Å². The van der Waals surface area contributed by atoms with Gasteiger partial charge in [0.25, 0.3) is 0 Å². The van der Waals surface area contributed by atoms with Crippen LogP contribution in [0.25, 0.3) is 11.0 Å². The van der Waals surface area contributed by atoms with Crippen LogP contribution in [0, 0.1) is 0 Å². The van der Waals surface area contributed by atoms with E-state index in [-0.39, 0.29) is 17.9 Å². The van der Waals surface area contributed by atoms with E-state index in [0.717, 1.165) is 37.0 Å². The van der Waals surface area contributed by atoms with Crippen LogP contribution >= 0.6 is 0 Å². The highest BCUT2D eigenvalue weighted by molar-refractivity contribution is 5.95. The van der Waals surface area contributed by atoms with Crippen molar-refractivity contribution >= 4 is 22.8 Å². The van der Waals surface area contributed by atoms with Gasteiger partial charge >= 0.3 is 6.09 Å². The zero-order valence-corrected chi connectivity index (χ0v) is 14.3. The molecular weight excluding hydrogens is 308 g/mol. The molecule has 1 amide bonds. The van der Waals surface area contributed by atoms with Crippen molar-refractivity contribution in [3.8, 4) is 5.75 Å². The van der Waals surface area contributed by atoms with Crippen LogP contribution in [0.5, 0.6) is 5.75 Å². The van der Waals surface area contributed by atoms with Gasteiger partial charge in [0.15, 0.2) is 0 Å². The number of aromatic amines is 1. The topological polar surface area (TPSA) is 90.5 Å². The molecule has 3 N–H and O–H groups in total. The second kappa shape index (κ2) is 6.22. The van der Waals surface area contributed by atoms with Gasteiger partial charge in [0.2, 0.25) is 0 Å². The third kappa shape index (κ3) is 3.55. The number of hydrogen-bond donors (Lipinski definition) is 3. The number of nitrogens with one attached hydrogen (secondary N) is 2. The molecule has 0 aliphatic carbocycles. The van der Waals surface area contributed by atoms with Crippen molar-refractivity contribution in [1.29, 1.82) is 0 Å². The van der Waals surface area contributed by atoms with Gasteiger partial charge in [-0.1, -0.05) is 0 Å². The lowest BCUT2D eigenvalue weighted by Crippen LogP contribution is -2.46. The molecule has 1 aliphatic heterocycles. The summed E-state index contributed by atoms with van der Waals surface area (Å²) in [5, 5.41) is 13.7. The van der Waals surface area contributed by atoms with Crippen LogP contribution in [0.15, 0.2) is 18.5 Å². The molecule has 7 nitrogen and oxygen atoms in total. The highest BCUT2D eigenvalue weighted by Gasteiger charge is 2.25. The number of H-pyrrole nitrogens is 1. The van der Waals surface area contributed by atoms with Gasteiger partial charge in [0, 0.05) is 31.5 Å². The van der Waals surface area contributed by atoms with Crippen LogP contribution in [0.2, 0.25) is 0 Å². The Morgan fingerprint density at radius 1 is 1.42 bits per heavy atom. The van der Waals surface area contributed by atoms with Gasteiger partial charge in [-0.2, -0.15) is 0 Å². The molecule has 24 heavy (non-hydrogen) atoms. The van der Waals surface area contributed by atoms with Crippen molar-refractivity contribution in [1.82, 2.24) is 15.3 Å². The normalized spacial score (nSPS) is 16.4. The predicted molar refractivity (Wildman–Crippen MR) is 92.4 cm³/mol. The lowest BCUT2D eigenvalue weighted by molar-refractivity contribution is 0.0497. The highest BCUT2D eigenvalue weighted by Crippen LogP contribution is 2.33. The van der Waals surface area contributed by atoms with E-state index in [1.165, 1.54) is 0 Å². The Morgan fingerprint density at radius 2 is 2.12 bits per heavy atom. The van der Waals surface area contributed by atoms with Crippen molar-refractivity contribution in [3.63, 3.8) is 0 Å². The van der Waals surface area contributed by atoms with Gasteiger partial charge in [-0.3, -0.25) is 0 Å². The predicted octanol–water partition coefficient (Wildman–Crippen LogP) is 2.76. The number of piperidine rings is 1. The third-order valence-corrected chi connectivity index (χ3v) is 4.09. The molecule has 0 unspecified atom stereocenters. The summed E-state index contributed by atoms with van der Waals surface area (Å²) in [6.07, 6.45) is 4.58. The van der Waals surface area contributed by atoms with Gasteiger partial charge < -0.3 is 25.0 Å². The molecule has 1 aliphatic rings. The van der Waals surface area contributed by atoms with Gasteiger partial charge in [0.05, 0.1) is 11.1 Å². The lowest BCUT2D eigenvalue weighted by atomic mass is 10.0. The van der Waals surface area contributed by atoms with Crippen LogP contribution in [-0.4, -0.2) is 45.9 Å². The summed E-state index contributed by atoms with van der Waals surface area (Å²) < 4.78 is 5.31. The van der Waals surface area contributed by atoms with Crippen LogP contribution in [-0.2, 0) is 4.74 Å². The first-order chi connectivity index (χ1) is 11.3. The molecule has 0 atom stereocenters. The molecule has 1 fully saturated rings. The molecule has 3 rings (SSSR count). The van der Waals surface area contributed by atoms with E-state index in [0.29, 0.717) is 5.65 Å². The molecule has 7 heteroatoms. The van der Waals surface area contributed by atoms with Crippen LogP contribution in [0.3, 0.4) is 0 Å². The average molecular weight is 332 g/mol. The van der Waals surface area contributed by atoms with Gasteiger partial charge in [-0.05, 0) is 39.7 Å². The number of aromatic hydroxyl groups is 1. The molecule has 130 valence electrons. The maximum atomic E-state index is 11.9. The fraction of sp³-hybridized carbons (Fsp3) is 0.529. The number of pyridine rings is 1. The Labute approximate surface area is 141 Å². The van der Waals surface area contributed by atoms with E-state index in [1.54, 1.807) is 12.4 Å². The summed E-state index contributed by atoms with van der Waals surface area (Å²) in [6.45, 7) is 7.15. The Balaban J connectivity index is 1.63. The van der Waals surface area contributed by atoms with E-state index >= 15 is 0 Å². The molecule has 2 aromatic rings. The van der Waals surface area contributed by atoms with Crippen molar-refractivity contribution < 1.29 is 14.6 Å². The number of ether oxygens (including phenoxy) is 1. The number of aromatic nitrogens is 2. The second-order valence-electron chi connectivity index (χ2n) is 7.14. The number of carbonyl (C=O) groups excluding carboxylic acids is 1. The summed E-state index contributed by atoms with van der Waals surface area (Å²) in [5.74, 6) is 0.210. The zero-order valence-electron chi connectivity index (χ0n) is 14.3. The third-order valence-electron chi connectivity index (χ3n) is 4.09. The number of alkyl carbamates (subject to hydrolysis) is 1. The zero-order chi connectivity index (χ0) is 17.3. The van der Waals surface area contributed by atoms with Crippen molar-refractivity contribution in [2.75, 3.05) is 18.0 Å². The monoisotopic (exact) mass is 332 g/mol. The molecule has 0 aromatic carbocycles. The smallest absolute Gasteiger partial charge is 0.407 e. The maximum Gasteiger partial charge on any atom is 0.407 e. The van der Waals surface area contributed by atoms with E-state index in [9.17, 15) is 9.90 Å².